The molecule has 2 aliphatic rings. The van der Waals surface area contributed by atoms with Crippen molar-refractivity contribution in [3.05, 3.63) is 33.1 Å². The van der Waals surface area contributed by atoms with Crippen LogP contribution in [0.5, 0.6) is 0 Å². The summed E-state index contributed by atoms with van der Waals surface area (Å²) in [6.07, 6.45) is -12.6. The lowest BCUT2D eigenvalue weighted by molar-refractivity contribution is -0.248. The topological polar surface area (TPSA) is 381 Å². The molecule has 0 bridgehead atoms. The molecule has 0 aliphatic carbocycles. The van der Waals surface area contributed by atoms with Crippen molar-refractivity contribution in [3.8, 4) is 0 Å². The summed E-state index contributed by atoms with van der Waals surface area (Å²) in [4.78, 5) is 50.9. The standard InChI is InChI=1S/C33H58N4O23P2/c1-51-61(49,55-19-22-27(44)29(46)30(57-22)37-11-9-24(42)36-32(37)47)60-62(50,52-2)59-31-25(28(45)26(43)21(16-40)58-31)35-23(41)8-4-3-5-10-34-33(48)56-20(17-53-14-6-12-38)18-54-15-7-13-39/h9,11,20-22,25-31,38-40,43-46H,3-8,10,12-19H2,1-2H3,(H,34,48)(H,35,41)(H,36,42,47)/t21?,22?,25?,26-,27?,28+,29?,30?,31-,61?,62?/m0/s1. The SMILES string of the molecule is COP(=O)(OCC1OC(n2ccc(=O)[nH]c2=O)C(O)C1O)OP(=O)(OC)O[C@@H]1OC(CO)[C@H](O)[C@H](O)C1NC(=O)CCCCCNC(=O)OC(COCCCO)COCCCO. The van der Waals surface area contributed by atoms with Crippen molar-refractivity contribution in [2.75, 3.05) is 73.6 Å². The molecule has 3 rings (SSSR count). The second-order valence-corrected chi connectivity index (χ2v) is 17.3. The van der Waals surface area contributed by atoms with Crippen LogP contribution in [0.2, 0.25) is 0 Å². The molecular formula is C33H58N4O23P2. The van der Waals surface area contributed by atoms with Gasteiger partial charge in [0.05, 0.1) is 26.4 Å². The lowest BCUT2D eigenvalue weighted by Gasteiger charge is -2.42. The van der Waals surface area contributed by atoms with E-state index >= 15 is 0 Å². The van der Waals surface area contributed by atoms with Crippen LogP contribution in [0.3, 0.4) is 0 Å². The molecule has 1 aromatic rings. The molecule has 2 saturated heterocycles. The summed E-state index contributed by atoms with van der Waals surface area (Å²) in [5.41, 5.74) is -1.72. The van der Waals surface area contributed by atoms with Crippen LogP contribution in [0, 0.1) is 0 Å². The fourth-order valence-electron chi connectivity index (χ4n) is 5.78. The van der Waals surface area contributed by atoms with E-state index in [2.05, 4.69) is 10.6 Å². The second-order valence-electron chi connectivity index (χ2n) is 13.7. The molecule has 27 nitrogen and oxygen atoms in total. The van der Waals surface area contributed by atoms with Gasteiger partial charge in [-0.15, -0.1) is 0 Å². The normalized spacial score (nSPS) is 27.1. The van der Waals surface area contributed by atoms with Crippen LogP contribution in [0.1, 0.15) is 44.8 Å². The average Bonchev–Trinajstić information content (AvgIpc) is 3.52. The van der Waals surface area contributed by atoms with Crippen LogP contribution >= 0.6 is 15.6 Å². The van der Waals surface area contributed by atoms with Crippen molar-refractivity contribution >= 4 is 27.6 Å². The molecule has 0 saturated carbocycles. The number of ether oxygens (including phenoxy) is 5. The Labute approximate surface area is 354 Å². The predicted molar refractivity (Wildman–Crippen MR) is 206 cm³/mol. The van der Waals surface area contributed by atoms with E-state index in [-0.39, 0.29) is 59.0 Å². The highest BCUT2D eigenvalue weighted by molar-refractivity contribution is 7.62. The van der Waals surface area contributed by atoms with Gasteiger partial charge in [-0.3, -0.25) is 37.2 Å². The van der Waals surface area contributed by atoms with E-state index in [1.54, 1.807) is 0 Å². The number of aliphatic hydroxyl groups is 7. The summed E-state index contributed by atoms with van der Waals surface area (Å²) in [5, 5.41) is 75.0. The largest absolute Gasteiger partial charge is 0.485 e. The van der Waals surface area contributed by atoms with Crippen molar-refractivity contribution in [1.29, 1.82) is 0 Å². The molecule has 29 heteroatoms. The molecular weight excluding hydrogens is 882 g/mol. The lowest BCUT2D eigenvalue weighted by atomic mass is 9.97. The first-order chi connectivity index (χ1) is 29.5. The van der Waals surface area contributed by atoms with Crippen molar-refractivity contribution in [2.45, 2.75) is 99.8 Å². The maximum absolute atomic E-state index is 13.7. The van der Waals surface area contributed by atoms with E-state index in [0.29, 0.717) is 25.7 Å². The number of aromatic amines is 1. The summed E-state index contributed by atoms with van der Waals surface area (Å²) in [6.45, 7) is -1.21. The number of nitrogens with zero attached hydrogens (tertiary/aromatic N) is 1. The average molecular weight is 941 g/mol. The Morgan fingerprint density at radius 2 is 1.50 bits per heavy atom. The Morgan fingerprint density at radius 3 is 2.10 bits per heavy atom. The Kier molecular flexibility index (Phi) is 23.2. The highest BCUT2D eigenvalue weighted by Gasteiger charge is 2.51. The highest BCUT2D eigenvalue weighted by atomic mass is 31.3. The quantitative estimate of drug-likeness (QED) is 0.0284. The molecule has 2 aliphatic heterocycles. The number of H-pyrrole nitrogens is 1. The van der Waals surface area contributed by atoms with Gasteiger partial charge in [-0.05, 0) is 25.7 Å². The zero-order valence-electron chi connectivity index (χ0n) is 34.0. The van der Waals surface area contributed by atoms with Crippen molar-refractivity contribution in [2.24, 2.45) is 0 Å². The van der Waals surface area contributed by atoms with Gasteiger partial charge in [0, 0.05) is 65.9 Å². The fraction of sp³-hybridized carbons (Fsp3) is 0.818. The molecule has 10 N–H and O–H groups in total. The number of amides is 2. The van der Waals surface area contributed by atoms with Crippen LogP contribution in [-0.2, 0) is 60.0 Å². The molecule has 11 atom stereocenters. The highest BCUT2D eigenvalue weighted by Crippen LogP contribution is 2.66. The predicted octanol–water partition coefficient (Wildman–Crippen LogP) is -2.91. The minimum atomic E-state index is -5.17. The third-order valence-corrected chi connectivity index (χ3v) is 12.5. The molecule has 0 aromatic carbocycles. The molecule has 0 radical (unpaired) electrons. The lowest BCUT2D eigenvalue weighted by Crippen LogP contribution is -2.64. The van der Waals surface area contributed by atoms with Crippen LogP contribution < -0.4 is 21.9 Å². The third-order valence-electron chi connectivity index (χ3n) is 9.07. The maximum Gasteiger partial charge on any atom is 0.485 e. The number of aliphatic hydroxyl groups excluding tert-OH is 7. The van der Waals surface area contributed by atoms with E-state index in [0.717, 1.165) is 31.0 Å². The summed E-state index contributed by atoms with van der Waals surface area (Å²) in [5.74, 6) is -0.711. The third kappa shape index (κ3) is 16.7. The first-order valence-electron chi connectivity index (χ1n) is 19.5. The number of hydrogen-bond acceptors (Lipinski definition) is 23. The Morgan fingerprint density at radius 1 is 0.855 bits per heavy atom. The molecule has 62 heavy (non-hydrogen) atoms. The van der Waals surface area contributed by atoms with Gasteiger partial charge in [0.25, 0.3) is 5.56 Å². The number of hydrogen-bond donors (Lipinski definition) is 10. The Bertz CT molecular complexity index is 1710. The number of alkyl carbamates (subject to hydrolysis) is 1. The monoisotopic (exact) mass is 940 g/mol. The molecule has 2 amide bonds. The minimum Gasteiger partial charge on any atom is -0.441 e. The van der Waals surface area contributed by atoms with Crippen LogP contribution in [0.4, 0.5) is 4.79 Å². The first kappa shape index (κ1) is 53.6. The van der Waals surface area contributed by atoms with Crippen LogP contribution in [-0.4, -0.2) is 186 Å². The van der Waals surface area contributed by atoms with Gasteiger partial charge in [-0.2, -0.15) is 4.31 Å². The molecule has 0 spiro atoms. The van der Waals surface area contributed by atoms with Gasteiger partial charge >= 0.3 is 27.4 Å². The molecule has 358 valence electrons. The fourth-order valence-corrected chi connectivity index (χ4v) is 8.59. The number of carbonyl (C=O) groups excluding carboxylic acids is 2. The van der Waals surface area contributed by atoms with Gasteiger partial charge in [-0.25, -0.2) is 18.7 Å². The number of carbonyl (C=O) groups is 2. The smallest absolute Gasteiger partial charge is 0.441 e. The maximum atomic E-state index is 13.7. The molecule has 1 aromatic heterocycles. The zero-order valence-corrected chi connectivity index (χ0v) is 35.8. The number of aromatic nitrogens is 2. The molecule has 3 heterocycles. The zero-order chi connectivity index (χ0) is 45.9. The second kappa shape index (κ2) is 26.9. The summed E-state index contributed by atoms with van der Waals surface area (Å²) < 4.78 is 80.3. The Hall–Kier alpha value is -2.76. The van der Waals surface area contributed by atoms with Crippen molar-refractivity contribution in [1.82, 2.24) is 20.2 Å². The van der Waals surface area contributed by atoms with Gasteiger partial charge < -0.3 is 70.1 Å². The minimum absolute atomic E-state index is 0.0213. The van der Waals surface area contributed by atoms with E-state index in [1.807, 2.05) is 4.98 Å². The number of phosphoric ester groups is 2. The Balaban J connectivity index is 1.55. The number of unbranched alkanes of at least 4 members (excludes halogenated alkanes) is 2. The molecule has 8 unspecified atom stereocenters. The van der Waals surface area contributed by atoms with Crippen LogP contribution in [0.15, 0.2) is 21.9 Å². The van der Waals surface area contributed by atoms with Gasteiger partial charge in [-0.1, -0.05) is 6.42 Å². The van der Waals surface area contributed by atoms with E-state index in [4.69, 9.17) is 56.3 Å². The number of rotatable bonds is 29. The van der Waals surface area contributed by atoms with E-state index in [9.17, 15) is 53.8 Å². The summed E-state index contributed by atoms with van der Waals surface area (Å²) in [6, 6.07) is -0.738. The van der Waals surface area contributed by atoms with Crippen molar-refractivity contribution < 1.29 is 101 Å². The summed E-state index contributed by atoms with van der Waals surface area (Å²) >= 11 is 0. The van der Waals surface area contributed by atoms with Gasteiger partial charge in [0.15, 0.2) is 18.6 Å². The number of nitrogens with one attached hydrogen (secondary N) is 3. The van der Waals surface area contributed by atoms with Gasteiger partial charge in [0.1, 0.15) is 42.7 Å². The number of phosphoric acid groups is 2. The van der Waals surface area contributed by atoms with Crippen LogP contribution in [0.25, 0.3) is 0 Å². The first-order valence-corrected chi connectivity index (χ1v) is 22.4. The van der Waals surface area contributed by atoms with Crippen molar-refractivity contribution in [3.63, 3.8) is 0 Å². The van der Waals surface area contributed by atoms with E-state index < -0.39 is 113 Å². The molecule has 2 fully saturated rings. The summed E-state index contributed by atoms with van der Waals surface area (Å²) in [7, 11) is -8.60. The van der Waals surface area contributed by atoms with E-state index in [1.165, 1.54) is 0 Å². The van der Waals surface area contributed by atoms with Gasteiger partial charge in [0.2, 0.25) is 5.91 Å².